The van der Waals surface area contributed by atoms with E-state index in [0.717, 1.165) is 16.7 Å². The summed E-state index contributed by atoms with van der Waals surface area (Å²) in [6.45, 7) is 4.47. The van der Waals surface area contributed by atoms with Gasteiger partial charge in [0.1, 0.15) is 0 Å². The average Bonchev–Trinajstić information content (AvgIpc) is 2.61. The zero-order valence-corrected chi connectivity index (χ0v) is 17.1. The number of fused-ring (bicyclic) bond motifs is 1. The molecule has 0 radical (unpaired) electrons. The summed E-state index contributed by atoms with van der Waals surface area (Å²) in [6, 6.07) is 11.9. The van der Waals surface area contributed by atoms with Gasteiger partial charge in [-0.3, -0.25) is 4.72 Å². The van der Waals surface area contributed by atoms with E-state index in [0.29, 0.717) is 25.1 Å². The van der Waals surface area contributed by atoms with Crippen LogP contribution in [0.5, 0.6) is 0 Å². The van der Waals surface area contributed by atoms with E-state index in [2.05, 4.69) is 4.72 Å². The molecule has 0 aliphatic carbocycles. The summed E-state index contributed by atoms with van der Waals surface area (Å²) in [6.07, 6.45) is 1.20. The minimum atomic E-state index is -3.69. The van der Waals surface area contributed by atoms with Crippen LogP contribution >= 0.6 is 0 Å². The van der Waals surface area contributed by atoms with E-state index < -0.39 is 20.0 Å². The lowest BCUT2D eigenvalue weighted by molar-refractivity contribution is 0.391. The number of hydrogen-bond donors (Lipinski definition) is 1. The van der Waals surface area contributed by atoms with Crippen LogP contribution in [0.1, 0.15) is 30.0 Å². The van der Waals surface area contributed by atoms with Crippen molar-refractivity contribution in [1.82, 2.24) is 4.31 Å². The van der Waals surface area contributed by atoms with Crippen LogP contribution in [0.25, 0.3) is 0 Å². The van der Waals surface area contributed by atoms with Gasteiger partial charge < -0.3 is 0 Å². The van der Waals surface area contributed by atoms with E-state index >= 15 is 0 Å². The maximum absolute atomic E-state index is 12.6. The van der Waals surface area contributed by atoms with Gasteiger partial charge in [-0.15, -0.1) is 0 Å². The van der Waals surface area contributed by atoms with E-state index in [-0.39, 0.29) is 17.2 Å². The third kappa shape index (κ3) is 4.51. The zero-order valence-electron chi connectivity index (χ0n) is 15.5. The highest BCUT2D eigenvalue weighted by Gasteiger charge is 2.26. The Morgan fingerprint density at radius 3 is 2.37 bits per heavy atom. The van der Waals surface area contributed by atoms with E-state index in [1.54, 1.807) is 36.4 Å². The Morgan fingerprint density at radius 1 is 1.00 bits per heavy atom. The van der Waals surface area contributed by atoms with Crippen LogP contribution in [0.3, 0.4) is 0 Å². The minimum absolute atomic E-state index is 0.127. The predicted octanol–water partition coefficient (Wildman–Crippen LogP) is 2.89. The monoisotopic (exact) mass is 408 g/mol. The molecule has 1 heterocycles. The number of sulfonamides is 2. The molecule has 0 unspecified atom stereocenters. The van der Waals surface area contributed by atoms with Gasteiger partial charge in [0.25, 0.3) is 10.0 Å². The molecular weight excluding hydrogens is 384 g/mol. The summed E-state index contributed by atoms with van der Waals surface area (Å²) < 4.78 is 53.9. The molecule has 1 aliphatic rings. The second-order valence-corrected chi connectivity index (χ2v) is 10.6. The van der Waals surface area contributed by atoms with Crippen LogP contribution in [0.2, 0.25) is 0 Å². The minimum Gasteiger partial charge on any atom is -0.280 e. The van der Waals surface area contributed by atoms with Gasteiger partial charge in [0.15, 0.2) is 0 Å². The van der Waals surface area contributed by atoms with Crippen molar-refractivity contribution >= 4 is 25.7 Å². The molecule has 0 atom stereocenters. The fourth-order valence-corrected chi connectivity index (χ4v) is 5.68. The Morgan fingerprint density at radius 2 is 1.70 bits per heavy atom. The summed E-state index contributed by atoms with van der Waals surface area (Å²) in [5.74, 6) is 0.127. The summed E-state index contributed by atoms with van der Waals surface area (Å²) in [7, 11) is -6.97. The summed E-state index contributed by atoms with van der Waals surface area (Å²) >= 11 is 0. The van der Waals surface area contributed by atoms with E-state index in [4.69, 9.17) is 0 Å². The molecule has 0 amide bonds. The smallest absolute Gasteiger partial charge is 0.261 e. The Balaban J connectivity index is 1.83. The van der Waals surface area contributed by atoms with Gasteiger partial charge in [-0.2, -0.15) is 4.31 Å². The molecule has 8 heteroatoms. The van der Waals surface area contributed by atoms with Crippen LogP contribution in [0.4, 0.5) is 5.69 Å². The summed E-state index contributed by atoms with van der Waals surface area (Å²) in [5, 5.41) is 0. The first kappa shape index (κ1) is 19.9. The highest BCUT2D eigenvalue weighted by Crippen LogP contribution is 2.26. The molecule has 27 heavy (non-hydrogen) atoms. The highest BCUT2D eigenvalue weighted by molar-refractivity contribution is 7.92. The Labute approximate surface area is 161 Å². The van der Waals surface area contributed by atoms with Crippen LogP contribution < -0.4 is 4.72 Å². The number of hydrogen-bond acceptors (Lipinski definition) is 4. The molecule has 3 rings (SSSR count). The fraction of sp³-hybridized carbons (Fsp3) is 0.368. The predicted molar refractivity (Wildman–Crippen MR) is 107 cm³/mol. The van der Waals surface area contributed by atoms with Crippen molar-refractivity contribution in [1.29, 1.82) is 0 Å². The third-order valence-electron chi connectivity index (χ3n) is 4.62. The van der Waals surface area contributed by atoms with E-state index in [9.17, 15) is 16.8 Å². The lowest BCUT2D eigenvalue weighted by atomic mass is 10.0. The van der Waals surface area contributed by atoms with Crippen molar-refractivity contribution in [3.63, 3.8) is 0 Å². The first-order valence-electron chi connectivity index (χ1n) is 8.90. The molecule has 0 fully saturated rings. The fourth-order valence-electron chi connectivity index (χ4n) is 3.15. The molecule has 146 valence electrons. The molecule has 0 bridgehead atoms. The quantitative estimate of drug-likeness (QED) is 0.797. The highest BCUT2D eigenvalue weighted by atomic mass is 32.2. The molecule has 0 saturated heterocycles. The maximum atomic E-state index is 12.6. The van der Waals surface area contributed by atoms with Crippen LogP contribution in [-0.2, 0) is 33.0 Å². The zero-order chi connectivity index (χ0) is 19.7. The lowest BCUT2D eigenvalue weighted by Gasteiger charge is -2.28. The van der Waals surface area contributed by atoms with Gasteiger partial charge in [0.2, 0.25) is 10.0 Å². The molecule has 0 aromatic heterocycles. The van der Waals surface area contributed by atoms with Crippen molar-refractivity contribution in [2.45, 2.75) is 38.1 Å². The van der Waals surface area contributed by atoms with Crippen LogP contribution in [0, 0.1) is 6.92 Å². The molecule has 6 nitrogen and oxygen atoms in total. The Bertz CT molecular complexity index is 1030. The Kier molecular flexibility index (Phi) is 5.60. The molecule has 1 N–H and O–H groups in total. The van der Waals surface area contributed by atoms with E-state index in [1.165, 1.54) is 4.31 Å². The summed E-state index contributed by atoms with van der Waals surface area (Å²) in [4.78, 5) is 0.193. The van der Waals surface area contributed by atoms with Crippen molar-refractivity contribution in [3.05, 3.63) is 59.2 Å². The average molecular weight is 409 g/mol. The van der Waals surface area contributed by atoms with Crippen molar-refractivity contribution in [3.8, 4) is 0 Å². The largest absolute Gasteiger partial charge is 0.280 e. The number of anilines is 1. The topological polar surface area (TPSA) is 83.6 Å². The standard InChI is InChI=1S/C19H24N2O4S2/c1-3-12-26(22,23)21-11-10-16-6-7-18(13-17(16)14-21)20-27(24,25)19-8-4-15(2)5-9-19/h4-9,13,20H,3,10-12,14H2,1-2H3. The normalized spacial score (nSPS) is 15.3. The number of aryl methyl sites for hydroxylation is 1. The van der Waals surface area contributed by atoms with Gasteiger partial charge in [0.05, 0.1) is 10.6 Å². The summed E-state index contributed by atoms with van der Waals surface area (Å²) in [5.41, 5.74) is 3.31. The first-order chi connectivity index (χ1) is 12.7. The number of nitrogens with zero attached hydrogens (tertiary/aromatic N) is 1. The molecular formula is C19H24N2O4S2. The number of benzene rings is 2. The van der Waals surface area contributed by atoms with Crippen molar-refractivity contribution in [2.24, 2.45) is 0 Å². The molecule has 0 spiro atoms. The van der Waals surface area contributed by atoms with Gasteiger partial charge in [0, 0.05) is 18.8 Å². The van der Waals surface area contributed by atoms with Crippen LogP contribution in [0.15, 0.2) is 47.4 Å². The Hall–Kier alpha value is -1.90. The van der Waals surface area contributed by atoms with Gasteiger partial charge in [-0.1, -0.05) is 30.7 Å². The van der Waals surface area contributed by atoms with Crippen LogP contribution in [-0.4, -0.2) is 33.4 Å². The third-order valence-corrected chi connectivity index (χ3v) is 8.04. The van der Waals surface area contributed by atoms with Gasteiger partial charge in [-0.05, 0) is 55.2 Å². The first-order valence-corrected chi connectivity index (χ1v) is 12.0. The van der Waals surface area contributed by atoms with Gasteiger partial charge in [-0.25, -0.2) is 16.8 Å². The second kappa shape index (κ2) is 7.61. The van der Waals surface area contributed by atoms with Gasteiger partial charge >= 0.3 is 0 Å². The second-order valence-electron chi connectivity index (χ2n) is 6.80. The molecule has 2 aromatic rings. The maximum Gasteiger partial charge on any atom is 0.261 e. The SMILES string of the molecule is CCCS(=O)(=O)N1CCc2ccc(NS(=O)(=O)c3ccc(C)cc3)cc2C1. The molecule has 0 saturated carbocycles. The van der Waals surface area contributed by atoms with E-state index in [1.807, 2.05) is 19.9 Å². The molecule has 2 aromatic carbocycles. The number of nitrogens with one attached hydrogen (secondary N) is 1. The number of rotatable bonds is 6. The molecule has 1 aliphatic heterocycles. The lowest BCUT2D eigenvalue weighted by Crippen LogP contribution is -2.37. The van der Waals surface area contributed by atoms with Crippen molar-refractivity contribution in [2.75, 3.05) is 17.0 Å². The van der Waals surface area contributed by atoms with Crippen molar-refractivity contribution < 1.29 is 16.8 Å².